The van der Waals surface area contributed by atoms with E-state index in [0.29, 0.717) is 16.9 Å². The van der Waals surface area contributed by atoms with Crippen LogP contribution in [0.3, 0.4) is 0 Å². The normalized spacial score (nSPS) is 17.6. The maximum Gasteiger partial charge on any atom is 0.249 e. The summed E-state index contributed by atoms with van der Waals surface area (Å²) in [7, 11) is 3.22. The number of ketones is 1. The Kier molecular flexibility index (Phi) is 6.74. The zero-order valence-electron chi connectivity index (χ0n) is 15.9. The fourth-order valence-electron chi connectivity index (χ4n) is 3.17. The zero-order valence-corrected chi connectivity index (χ0v) is 20.4. The Bertz CT molecular complexity index is 1070. The number of aliphatic imine (C=N–C) groups is 2. The summed E-state index contributed by atoms with van der Waals surface area (Å²) in [6.45, 7) is 1.49. The van der Waals surface area contributed by atoms with E-state index in [-0.39, 0.29) is 17.5 Å². The third-order valence-corrected chi connectivity index (χ3v) is 5.59. The lowest BCUT2D eigenvalue weighted by atomic mass is 9.97. The Morgan fingerprint density at radius 3 is 2.23 bits per heavy atom. The van der Waals surface area contributed by atoms with Crippen molar-refractivity contribution in [2.75, 3.05) is 14.2 Å². The number of fused-ring (bicyclic) bond motifs is 1. The van der Waals surface area contributed by atoms with Gasteiger partial charge in [0.2, 0.25) is 7.59 Å². The molecule has 1 heterocycles. The predicted molar refractivity (Wildman–Crippen MR) is 126 cm³/mol. The van der Waals surface area contributed by atoms with E-state index in [2.05, 4.69) is 9.98 Å². The van der Waals surface area contributed by atoms with Crippen molar-refractivity contribution >= 4 is 97.8 Å². The lowest BCUT2D eigenvalue weighted by Crippen LogP contribution is -2.43. The van der Waals surface area contributed by atoms with Crippen molar-refractivity contribution in [1.82, 2.24) is 4.90 Å². The van der Waals surface area contributed by atoms with Crippen LogP contribution in [0.5, 0.6) is 5.75 Å². The lowest BCUT2D eigenvalue weighted by Gasteiger charge is -2.36. The number of halogens is 6. The number of rotatable bonds is 3. The standard InChI is InChI=1S/C19H15Cl6N3O2/c1-9(29)10-4-5-11-13(8-10)12(6-7-14(11)30-3)15-26-16(18(20,21)22)27-17(28(15)2)19(23,24)25/h4-8,15H,1-3H3. The molecule has 2 aromatic rings. The molecule has 0 saturated carbocycles. The first-order chi connectivity index (χ1) is 13.8. The number of Topliss-reactive ketones (excluding diaryl/α,β-unsaturated/α-hetero) is 1. The van der Waals surface area contributed by atoms with Crippen LogP contribution in [-0.2, 0) is 0 Å². The number of nitrogens with zero attached hydrogens (tertiary/aromatic N) is 3. The molecule has 0 spiro atoms. The third-order valence-electron chi connectivity index (χ3n) is 4.58. The maximum atomic E-state index is 12.0. The van der Waals surface area contributed by atoms with Crippen LogP contribution in [0.15, 0.2) is 40.3 Å². The molecule has 1 aliphatic heterocycles. The van der Waals surface area contributed by atoms with Gasteiger partial charge in [-0.2, -0.15) is 0 Å². The lowest BCUT2D eigenvalue weighted by molar-refractivity contribution is 0.101. The molecule has 0 saturated heterocycles. The van der Waals surface area contributed by atoms with E-state index >= 15 is 0 Å². The highest BCUT2D eigenvalue weighted by Crippen LogP contribution is 2.42. The largest absolute Gasteiger partial charge is 0.496 e. The molecule has 1 aliphatic rings. The summed E-state index contributed by atoms with van der Waals surface area (Å²) in [5.41, 5.74) is 1.21. The number of amidine groups is 2. The van der Waals surface area contributed by atoms with E-state index in [0.717, 1.165) is 10.8 Å². The van der Waals surface area contributed by atoms with Gasteiger partial charge in [0.15, 0.2) is 23.6 Å². The summed E-state index contributed by atoms with van der Waals surface area (Å²) in [6.07, 6.45) is -0.741. The zero-order chi connectivity index (χ0) is 22.4. The fraction of sp³-hybridized carbons (Fsp3) is 0.316. The van der Waals surface area contributed by atoms with Gasteiger partial charge in [-0.15, -0.1) is 0 Å². The molecule has 1 atom stereocenters. The fourth-order valence-corrected chi connectivity index (χ4v) is 3.97. The topological polar surface area (TPSA) is 54.3 Å². The van der Waals surface area contributed by atoms with Crippen molar-refractivity contribution < 1.29 is 9.53 Å². The van der Waals surface area contributed by atoms with Crippen molar-refractivity contribution in [1.29, 1.82) is 0 Å². The highest BCUT2D eigenvalue weighted by atomic mass is 35.6. The van der Waals surface area contributed by atoms with Gasteiger partial charge < -0.3 is 9.64 Å². The first kappa shape index (κ1) is 23.7. The van der Waals surface area contributed by atoms with Crippen LogP contribution in [0.25, 0.3) is 10.8 Å². The minimum Gasteiger partial charge on any atom is -0.496 e. The van der Waals surface area contributed by atoms with Gasteiger partial charge in [-0.25, -0.2) is 9.98 Å². The molecule has 1 unspecified atom stereocenters. The second-order valence-corrected chi connectivity index (χ2v) is 11.1. The molecule has 0 amide bonds. The van der Waals surface area contributed by atoms with Crippen molar-refractivity contribution in [2.24, 2.45) is 9.98 Å². The van der Waals surface area contributed by atoms with E-state index in [1.807, 2.05) is 0 Å². The van der Waals surface area contributed by atoms with Gasteiger partial charge in [0, 0.05) is 23.6 Å². The Balaban J connectivity index is 2.30. The Morgan fingerprint density at radius 2 is 1.70 bits per heavy atom. The van der Waals surface area contributed by atoms with Gasteiger partial charge in [-0.3, -0.25) is 4.79 Å². The maximum absolute atomic E-state index is 12.0. The van der Waals surface area contributed by atoms with Crippen molar-refractivity contribution in [3.8, 4) is 5.75 Å². The number of carbonyl (C=O) groups excluding carboxylic acids is 1. The number of hydrogen-bond acceptors (Lipinski definition) is 5. The molecular weight excluding hydrogens is 515 g/mol. The Morgan fingerprint density at radius 1 is 1.03 bits per heavy atom. The van der Waals surface area contributed by atoms with E-state index in [4.69, 9.17) is 74.3 Å². The summed E-state index contributed by atoms with van der Waals surface area (Å²) >= 11 is 36.5. The summed E-state index contributed by atoms with van der Waals surface area (Å²) in [6, 6.07) is 8.87. The summed E-state index contributed by atoms with van der Waals surface area (Å²) in [5.74, 6) is 0.462. The van der Waals surface area contributed by atoms with E-state index in [1.165, 1.54) is 6.92 Å². The molecule has 0 aromatic heterocycles. The molecule has 5 nitrogen and oxygen atoms in total. The number of methoxy groups -OCH3 is 1. The van der Waals surface area contributed by atoms with Crippen LogP contribution in [0, 0.1) is 0 Å². The van der Waals surface area contributed by atoms with Crippen LogP contribution in [0.2, 0.25) is 0 Å². The molecule has 11 heteroatoms. The first-order valence-electron chi connectivity index (χ1n) is 8.50. The monoisotopic (exact) mass is 527 g/mol. The van der Waals surface area contributed by atoms with Gasteiger partial charge in [-0.1, -0.05) is 81.7 Å². The Hall–Kier alpha value is -0.950. The van der Waals surface area contributed by atoms with Crippen LogP contribution < -0.4 is 4.74 Å². The smallest absolute Gasteiger partial charge is 0.249 e. The van der Waals surface area contributed by atoms with Crippen molar-refractivity contribution in [3.63, 3.8) is 0 Å². The second kappa shape index (κ2) is 8.53. The van der Waals surface area contributed by atoms with Gasteiger partial charge in [0.1, 0.15) is 5.75 Å². The summed E-state index contributed by atoms with van der Waals surface area (Å²) in [4.78, 5) is 22.2. The molecule has 0 fully saturated rings. The molecule has 0 aliphatic carbocycles. The summed E-state index contributed by atoms with van der Waals surface area (Å²) in [5, 5.41) is 1.49. The van der Waals surface area contributed by atoms with E-state index < -0.39 is 13.8 Å². The molecule has 0 bridgehead atoms. The number of alkyl halides is 6. The first-order valence-corrected chi connectivity index (χ1v) is 10.8. The minimum atomic E-state index is -1.94. The average Bonchev–Trinajstić information content (AvgIpc) is 2.65. The van der Waals surface area contributed by atoms with E-state index in [9.17, 15) is 4.79 Å². The molecular formula is C19H15Cl6N3O2. The molecule has 3 rings (SSSR count). The number of benzene rings is 2. The van der Waals surface area contributed by atoms with Gasteiger partial charge in [0.05, 0.1) is 7.11 Å². The number of hydrogen-bond donors (Lipinski definition) is 0. The molecule has 0 radical (unpaired) electrons. The van der Waals surface area contributed by atoms with Crippen molar-refractivity contribution in [3.05, 3.63) is 41.5 Å². The quantitative estimate of drug-likeness (QED) is 0.335. The average molecular weight is 530 g/mol. The van der Waals surface area contributed by atoms with Crippen LogP contribution >= 0.6 is 69.6 Å². The second-order valence-electron chi connectivity index (χ2n) is 6.54. The van der Waals surface area contributed by atoms with Crippen LogP contribution in [0.1, 0.15) is 29.0 Å². The molecule has 30 heavy (non-hydrogen) atoms. The van der Waals surface area contributed by atoms with Crippen LogP contribution in [0.4, 0.5) is 0 Å². The minimum absolute atomic E-state index is 0.0421. The number of ether oxygens (including phenoxy) is 1. The Labute approximate surface area is 203 Å². The summed E-state index contributed by atoms with van der Waals surface area (Å²) < 4.78 is 1.63. The van der Waals surface area contributed by atoms with Gasteiger partial charge >= 0.3 is 0 Å². The van der Waals surface area contributed by atoms with Gasteiger partial charge in [0.25, 0.3) is 0 Å². The third kappa shape index (κ3) is 4.62. The van der Waals surface area contributed by atoms with E-state index in [1.54, 1.807) is 49.4 Å². The molecule has 2 aromatic carbocycles. The van der Waals surface area contributed by atoms with Crippen LogP contribution in [-0.4, -0.2) is 44.1 Å². The van der Waals surface area contributed by atoms with Crippen molar-refractivity contribution in [2.45, 2.75) is 20.7 Å². The SMILES string of the molecule is COc1ccc(C2N=C(C(Cl)(Cl)Cl)N=C(C(Cl)(Cl)Cl)N2C)c2cc(C(C)=O)ccc12. The van der Waals surface area contributed by atoms with Gasteiger partial charge in [-0.05, 0) is 30.5 Å². The highest BCUT2D eigenvalue weighted by Gasteiger charge is 2.42. The predicted octanol–water partition coefficient (Wildman–Crippen LogP) is 6.53. The highest BCUT2D eigenvalue weighted by molar-refractivity contribution is 6.79. The molecule has 160 valence electrons. The number of carbonyl (C=O) groups is 1. The molecule has 0 N–H and O–H groups in total.